The first kappa shape index (κ1) is 12.9. The Hall–Kier alpha value is -1.56. The Kier molecular flexibility index (Phi) is 3.56. The Labute approximate surface area is 108 Å². The van der Waals surface area contributed by atoms with Gasteiger partial charge in [0.25, 0.3) is 0 Å². The molecule has 0 saturated carbocycles. The number of ether oxygens (including phenoxy) is 1. The summed E-state index contributed by atoms with van der Waals surface area (Å²) in [6.07, 6.45) is -1.45. The van der Waals surface area contributed by atoms with Gasteiger partial charge in [-0.3, -0.25) is 0 Å². The molecule has 0 aliphatic heterocycles. The summed E-state index contributed by atoms with van der Waals surface area (Å²) in [7, 11) is 1.15. The van der Waals surface area contributed by atoms with E-state index in [1.807, 2.05) is 0 Å². The first-order chi connectivity index (χ1) is 8.54. The molecule has 5 nitrogen and oxygen atoms in total. The van der Waals surface area contributed by atoms with Crippen LogP contribution in [0.3, 0.4) is 0 Å². The minimum Gasteiger partial charge on any atom is -0.467 e. The van der Waals surface area contributed by atoms with E-state index < -0.39 is 18.2 Å². The summed E-state index contributed by atoms with van der Waals surface area (Å²) in [6, 6.07) is 5.06. The smallest absolute Gasteiger partial charge is 0.337 e. The van der Waals surface area contributed by atoms with Gasteiger partial charge in [0, 0.05) is 27.7 Å². The monoisotopic (exact) mass is 269 g/mol. The number of hydrogen-bond donors (Lipinski definition) is 3. The minimum atomic E-state index is -1.62. The van der Waals surface area contributed by atoms with Crippen LogP contribution >= 0.6 is 11.6 Å². The second-order valence-corrected chi connectivity index (χ2v) is 4.28. The zero-order chi connectivity index (χ0) is 13.3. The van der Waals surface area contributed by atoms with E-state index in [2.05, 4.69) is 9.72 Å². The third kappa shape index (κ3) is 2.20. The van der Waals surface area contributed by atoms with Crippen molar-refractivity contribution in [2.75, 3.05) is 7.11 Å². The summed E-state index contributed by atoms with van der Waals surface area (Å²) in [6.45, 7) is 0. The number of hydrogen-bond acceptors (Lipinski definition) is 4. The zero-order valence-corrected chi connectivity index (χ0v) is 10.3. The summed E-state index contributed by atoms with van der Waals surface area (Å²) in [5, 5.41) is 20.8. The van der Waals surface area contributed by atoms with E-state index in [1.54, 1.807) is 18.2 Å². The number of H-pyrrole nitrogens is 1. The molecule has 96 valence electrons. The molecule has 0 radical (unpaired) electrons. The lowest BCUT2D eigenvalue weighted by Gasteiger charge is -2.14. The molecule has 2 unspecified atom stereocenters. The van der Waals surface area contributed by atoms with Crippen molar-refractivity contribution in [3.05, 3.63) is 35.0 Å². The normalized spacial score (nSPS) is 14.4. The molecular weight excluding hydrogens is 258 g/mol. The third-order valence-corrected chi connectivity index (χ3v) is 2.97. The number of aromatic amines is 1. The Balaban J connectivity index is 2.39. The maximum Gasteiger partial charge on any atom is 0.337 e. The van der Waals surface area contributed by atoms with Gasteiger partial charge in [0.1, 0.15) is 6.10 Å². The number of methoxy groups -OCH3 is 1. The minimum absolute atomic E-state index is 0.416. The Bertz CT molecular complexity index is 580. The highest BCUT2D eigenvalue weighted by molar-refractivity contribution is 6.31. The van der Waals surface area contributed by atoms with Crippen LogP contribution in [0.25, 0.3) is 10.9 Å². The maximum atomic E-state index is 11.2. The number of rotatable bonds is 3. The van der Waals surface area contributed by atoms with Crippen molar-refractivity contribution in [1.82, 2.24) is 4.98 Å². The van der Waals surface area contributed by atoms with Crippen LogP contribution in [0.4, 0.5) is 0 Å². The van der Waals surface area contributed by atoms with Gasteiger partial charge in [0.2, 0.25) is 0 Å². The molecule has 0 spiro atoms. The highest BCUT2D eigenvalue weighted by atomic mass is 35.5. The number of benzene rings is 1. The lowest BCUT2D eigenvalue weighted by molar-refractivity contribution is -0.156. The topological polar surface area (TPSA) is 82.6 Å². The van der Waals surface area contributed by atoms with E-state index in [9.17, 15) is 15.0 Å². The fourth-order valence-electron chi connectivity index (χ4n) is 1.79. The second kappa shape index (κ2) is 4.97. The van der Waals surface area contributed by atoms with Crippen LogP contribution in [0, 0.1) is 0 Å². The predicted octanol–water partition coefficient (Wildman–Crippen LogP) is 1.39. The van der Waals surface area contributed by atoms with E-state index in [0.29, 0.717) is 21.5 Å². The van der Waals surface area contributed by atoms with Gasteiger partial charge in [-0.25, -0.2) is 4.79 Å². The van der Waals surface area contributed by atoms with Crippen molar-refractivity contribution in [2.45, 2.75) is 12.2 Å². The molecule has 0 aliphatic carbocycles. The molecular formula is C12H12ClNO4. The Morgan fingerprint density at radius 2 is 2.17 bits per heavy atom. The molecule has 6 heteroatoms. The van der Waals surface area contributed by atoms with Crippen molar-refractivity contribution < 1.29 is 19.7 Å². The van der Waals surface area contributed by atoms with Crippen LogP contribution in [0.5, 0.6) is 0 Å². The van der Waals surface area contributed by atoms with E-state index in [4.69, 9.17) is 11.6 Å². The van der Waals surface area contributed by atoms with Gasteiger partial charge < -0.3 is 19.9 Å². The number of carbonyl (C=O) groups is 1. The lowest BCUT2D eigenvalue weighted by atomic mass is 10.0. The average Bonchev–Trinajstić information content (AvgIpc) is 2.78. The average molecular weight is 270 g/mol. The summed E-state index contributed by atoms with van der Waals surface area (Å²) in [4.78, 5) is 14.1. The molecule has 0 fully saturated rings. The summed E-state index contributed by atoms with van der Waals surface area (Å²) in [5.41, 5.74) is 1.13. The van der Waals surface area contributed by atoms with Crippen LogP contribution in [-0.4, -0.2) is 34.4 Å². The fourth-order valence-corrected chi connectivity index (χ4v) is 1.96. The molecule has 0 aliphatic rings. The van der Waals surface area contributed by atoms with Gasteiger partial charge in [-0.05, 0) is 12.1 Å². The predicted molar refractivity (Wildman–Crippen MR) is 66.3 cm³/mol. The van der Waals surface area contributed by atoms with E-state index in [0.717, 1.165) is 7.11 Å². The molecule has 0 bridgehead atoms. The molecule has 1 aromatic heterocycles. The van der Waals surface area contributed by atoms with Crippen LogP contribution in [0.15, 0.2) is 24.4 Å². The quantitative estimate of drug-likeness (QED) is 0.736. The lowest BCUT2D eigenvalue weighted by Crippen LogP contribution is -2.28. The van der Waals surface area contributed by atoms with Gasteiger partial charge in [0.15, 0.2) is 6.10 Å². The van der Waals surface area contributed by atoms with Gasteiger partial charge in [-0.1, -0.05) is 17.7 Å². The largest absolute Gasteiger partial charge is 0.467 e. The van der Waals surface area contributed by atoms with Crippen molar-refractivity contribution in [3.63, 3.8) is 0 Å². The van der Waals surface area contributed by atoms with Gasteiger partial charge in [-0.15, -0.1) is 0 Å². The van der Waals surface area contributed by atoms with E-state index in [1.165, 1.54) is 6.20 Å². The Morgan fingerprint density at radius 1 is 1.44 bits per heavy atom. The Morgan fingerprint density at radius 3 is 2.83 bits per heavy atom. The number of nitrogens with one attached hydrogen (secondary N) is 1. The molecule has 1 aromatic carbocycles. The maximum absolute atomic E-state index is 11.2. The van der Waals surface area contributed by atoms with Crippen LogP contribution in [-0.2, 0) is 9.53 Å². The standard InChI is InChI=1S/C12H12ClNO4/c1-18-12(17)11(16)10(15)8-5-14-9-4-6(13)2-3-7(8)9/h2-5,10-11,14-16H,1H3. The highest BCUT2D eigenvalue weighted by Crippen LogP contribution is 2.28. The summed E-state index contributed by atoms with van der Waals surface area (Å²) < 4.78 is 4.38. The molecule has 2 aromatic rings. The van der Waals surface area contributed by atoms with Crippen LogP contribution < -0.4 is 0 Å². The third-order valence-electron chi connectivity index (χ3n) is 2.74. The zero-order valence-electron chi connectivity index (χ0n) is 9.55. The molecule has 2 atom stereocenters. The molecule has 1 heterocycles. The van der Waals surface area contributed by atoms with Gasteiger partial charge in [-0.2, -0.15) is 0 Å². The van der Waals surface area contributed by atoms with Crippen LogP contribution in [0.2, 0.25) is 5.02 Å². The number of fused-ring (bicyclic) bond motifs is 1. The summed E-state index contributed by atoms with van der Waals surface area (Å²) >= 11 is 5.84. The van der Waals surface area contributed by atoms with Crippen molar-refractivity contribution in [2.24, 2.45) is 0 Å². The van der Waals surface area contributed by atoms with E-state index in [-0.39, 0.29) is 0 Å². The van der Waals surface area contributed by atoms with Gasteiger partial charge >= 0.3 is 5.97 Å². The number of aromatic nitrogens is 1. The van der Waals surface area contributed by atoms with Crippen LogP contribution in [0.1, 0.15) is 11.7 Å². The number of halogens is 1. The number of carbonyl (C=O) groups excluding carboxylic acids is 1. The second-order valence-electron chi connectivity index (χ2n) is 3.85. The van der Waals surface area contributed by atoms with Crippen molar-refractivity contribution >= 4 is 28.5 Å². The first-order valence-corrected chi connectivity index (χ1v) is 5.63. The number of aliphatic hydroxyl groups is 2. The molecule has 3 N–H and O–H groups in total. The fraction of sp³-hybridized carbons (Fsp3) is 0.250. The van der Waals surface area contributed by atoms with Gasteiger partial charge in [0.05, 0.1) is 7.11 Å². The summed E-state index contributed by atoms with van der Waals surface area (Å²) in [5.74, 6) is -0.884. The molecule has 0 amide bonds. The molecule has 18 heavy (non-hydrogen) atoms. The SMILES string of the molecule is COC(=O)C(O)C(O)c1c[nH]c2cc(Cl)ccc12. The highest BCUT2D eigenvalue weighted by Gasteiger charge is 2.28. The number of aliphatic hydroxyl groups excluding tert-OH is 2. The van der Waals surface area contributed by atoms with Crippen molar-refractivity contribution in [1.29, 1.82) is 0 Å². The van der Waals surface area contributed by atoms with E-state index >= 15 is 0 Å². The van der Waals surface area contributed by atoms with Crippen molar-refractivity contribution in [3.8, 4) is 0 Å². The molecule has 2 rings (SSSR count). The number of esters is 1. The molecule has 0 saturated heterocycles. The first-order valence-electron chi connectivity index (χ1n) is 5.25.